The van der Waals surface area contributed by atoms with Crippen LogP contribution in [-0.4, -0.2) is 86.1 Å². The third kappa shape index (κ3) is 8.17. The Morgan fingerprint density at radius 1 is 0.969 bits per heavy atom. The topological polar surface area (TPSA) is 34.1 Å². The summed E-state index contributed by atoms with van der Waals surface area (Å²) in [5.41, 5.74) is 1.51. The second-order valence-electron chi connectivity index (χ2n) is 9.14. The molecule has 0 radical (unpaired) electrons. The van der Waals surface area contributed by atoms with Crippen molar-refractivity contribution in [3.8, 4) is 0 Å². The van der Waals surface area contributed by atoms with Gasteiger partial charge in [0, 0.05) is 52.4 Å². The molecule has 2 unspecified atom stereocenters. The lowest BCUT2D eigenvalue weighted by Gasteiger charge is -2.40. The Hall–Kier alpha value is -0.860. The van der Waals surface area contributed by atoms with Gasteiger partial charge in [-0.05, 0) is 56.7 Å². The number of guanidine groups is 1. The van der Waals surface area contributed by atoms with Crippen molar-refractivity contribution in [3.05, 3.63) is 35.9 Å². The first-order chi connectivity index (χ1) is 15.2. The first kappa shape index (κ1) is 27.4. The number of benzene rings is 1. The lowest BCUT2D eigenvalue weighted by Crippen LogP contribution is -2.48. The number of hydrogen-bond donors (Lipinski definition) is 1. The summed E-state index contributed by atoms with van der Waals surface area (Å²) >= 11 is 0. The van der Waals surface area contributed by atoms with E-state index in [1.54, 1.807) is 0 Å². The van der Waals surface area contributed by atoms with E-state index in [0.717, 1.165) is 32.1 Å². The van der Waals surface area contributed by atoms with E-state index in [1.807, 2.05) is 0 Å². The maximum atomic E-state index is 5.02. The number of piperazine rings is 1. The highest BCUT2D eigenvalue weighted by Gasteiger charge is 2.30. The van der Waals surface area contributed by atoms with Gasteiger partial charge in [0.1, 0.15) is 0 Å². The molecule has 0 bridgehead atoms. The van der Waals surface area contributed by atoms with E-state index >= 15 is 0 Å². The van der Waals surface area contributed by atoms with E-state index in [1.165, 1.54) is 70.5 Å². The third-order valence-electron chi connectivity index (χ3n) is 7.18. The van der Waals surface area contributed by atoms with E-state index in [-0.39, 0.29) is 24.0 Å². The van der Waals surface area contributed by atoms with Gasteiger partial charge in [-0.3, -0.25) is 4.99 Å². The molecule has 1 aromatic rings. The predicted octanol–water partition coefficient (Wildman–Crippen LogP) is 4.50. The van der Waals surface area contributed by atoms with Gasteiger partial charge in [-0.1, -0.05) is 50.6 Å². The second-order valence-corrected chi connectivity index (χ2v) is 9.14. The third-order valence-corrected chi connectivity index (χ3v) is 7.18. The van der Waals surface area contributed by atoms with Crippen molar-refractivity contribution in [3.63, 3.8) is 0 Å². The van der Waals surface area contributed by atoms with Gasteiger partial charge in [0.05, 0.1) is 0 Å². The minimum absolute atomic E-state index is 0. The van der Waals surface area contributed by atoms with Crippen LogP contribution in [0.25, 0.3) is 0 Å². The van der Waals surface area contributed by atoms with E-state index in [9.17, 15) is 0 Å². The summed E-state index contributed by atoms with van der Waals surface area (Å²) in [5.74, 6) is 2.50. The van der Waals surface area contributed by atoms with Crippen LogP contribution in [0.4, 0.5) is 0 Å². The summed E-state index contributed by atoms with van der Waals surface area (Å²) in [7, 11) is 0. The molecule has 0 aromatic heterocycles. The Kier molecular flexibility index (Phi) is 12.9. The van der Waals surface area contributed by atoms with Crippen molar-refractivity contribution in [2.45, 2.75) is 52.4 Å². The van der Waals surface area contributed by atoms with Crippen molar-refractivity contribution in [1.82, 2.24) is 20.0 Å². The van der Waals surface area contributed by atoms with Gasteiger partial charge >= 0.3 is 0 Å². The number of likely N-dealkylation sites (N-methyl/N-ethyl adjacent to an activating group) is 1. The average Bonchev–Trinajstić information content (AvgIpc) is 2.83. The van der Waals surface area contributed by atoms with Crippen LogP contribution in [0, 0.1) is 5.92 Å². The molecule has 3 rings (SSSR count). The van der Waals surface area contributed by atoms with E-state index in [0.29, 0.717) is 11.8 Å². The molecule has 2 saturated heterocycles. The first-order valence-corrected chi connectivity index (χ1v) is 12.8. The summed E-state index contributed by atoms with van der Waals surface area (Å²) in [6, 6.07) is 11.1. The summed E-state index contributed by atoms with van der Waals surface area (Å²) in [6.45, 7) is 18.2. The van der Waals surface area contributed by atoms with Gasteiger partial charge in [-0.2, -0.15) is 0 Å². The normalized spacial score (nSPS) is 23.1. The summed E-state index contributed by atoms with van der Waals surface area (Å²) < 4.78 is 0. The fraction of sp³-hybridized carbons (Fsp3) is 0.731. The molecule has 1 aromatic carbocycles. The molecule has 2 fully saturated rings. The minimum Gasteiger partial charge on any atom is -0.357 e. The molecule has 2 aliphatic rings. The van der Waals surface area contributed by atoms with Crippen LogP contribution < -0.4 is 5.32 Å². The van der Waals surface area contributed by atoms with E-state index < -0.39 is 0 Å². The predicted molar refractivity (Wildman–Crippen MR) is 148 cm³/mol. The summed E-state index contributed by atoms with van der Waals surface area (Å²) in [5, 5.41) is 3.56. The van der Waals surface area contributed by atoms with Gasteiger partial charge in [0.25, 0.3) is 0 Å². The molecule has 6 heteroatoms. The van der Waals surface area contributed by atoms with Crippen molar-refractivity contribution >= 4 is 29.9 Å². The molecule has 182 valence electrons. The van der Waals surface area contributed by atoms with E-state index in [4.69, 9.17) is 4.99 Å². The number of piperidine rings is 1. The molecule has 2 heterocycles. The standard InChI is InChI=1S/C26H45N5.HI/c1-4-23-22-31(17-14-25(23)24-12-8-7-9-13-24)26(27-5-2)28-15-10-11-16-30-20-18-29(6-3)19-21-30;/h7-9,12-13,23,25H,4-6,10-11,14-22H2,1-3H3,(H,27,28);1H. The van der Waals surface area contributed by atoms with Crippen LogP contribution in [-0.2, 0) is 0 Å². The van der Waals surface area contributed by atoms with Crippen LogP contribution >= 0.6 is 24.0 Å². The number of halogens is 1. The van der Waals surface area contributed by atoms with Crippen LogP contribution in [0.2, 0.25) is 0 Å². The van der Waals surface area contributed by atoms with E-state index in [2.05, 4.69) is 71.1 Å². The first-order valence-electron chi connectivity index (χ1n) is 12.8. The van der Waals surface area contributed by atoms with Gasteiger partial charge < -0.3 is 20.0 Å². The van der Waals surface area contributed by atoms with Gasteiger partial charge in [-0.15, -0.1) is 24.0 Å². The van der Waals surface area contributed by atoms with Gasteiger partial charge in [-0.25, -0.2) is 0 Å². The van der Waals surface area contributed by atoms with Crippen molar-refractivity contribution in [1.29, 1.82) is 0 Å². The number of aliphatic imine (C=N–C) groups is 1. The monoisotopic (exact) mass is 555 g/mol. The lowest BCUT2D eigenvalue weighted by atomic mass is 9.79. The molecular weight excluding hydrogens is 509 g/mol. The molecular formula is C26H46IN5. The van der Waals surface area contributed by atoms with Crippen molar-refractivity contribution in [2.24, 2.45) is 10.9 Å². The molecule has 2 aliphatic heterocycles. The molecule has 1 N–H and O–H groups in total. The number of unbranched alkanes of at least 4 members (excludes halogenated alkanes) is 1. The average molecular weight is 556 g/mol. The Morgan fingerprint density at radius 3 is 2.34 bits per heavy atom. The zero-order valence-corrected chi connectivity index (χ0v) is 23.0. The molecule has 0 saturated carbocycles. The minimum atomic E-state index is 0. The van der Waals surface area contributed by atoms with Crippen molar-refractivity contribution < 1.29 is 0 Å². The number of nitrogens with one attached hydrogen (secondary N) is 1. The SMILES string of the molecule is CCNC(=NCCCCN1CCN(CC)CC1)N1CCC(c2ccccc2)C(CC)C1.I. The maximum Gasteiger partial charge on any atom is 0.193 e. The fourth-order valence-corrected chi connectivity index (χ4v) is 5.16. The highest BCUT2D eigenvalue weighted by molar-refractivity contribution is 14.0. The second kappa shape index (κ2) is 15.1. The van der Waals surface area contributed by atoms with Crippen LogP contribution in [0.15, 0.2) is 35.3 Å². The number of nitrogens with zero attached hydrogens (tertiary/aromatic N) is 4. The lowest BCUT2D eigenvalue weighted by molar-refractivity contribution is 0.136. The Balaban J connectivity index is 0.00000363. The molecule has 32 heavy (non-hydrogen) atoms. The Labute approximate surface area is 214 Å². The van der Waals surface area contributed by atoms with Crippen LogP contribution in [0.1, 0.15) is 57.9 Å². The summed E-state index contributed by atoms with van der Waals surface area (Å²) in [4.78, 5) is 12.7. The van der Waals surface area contributed by atoms with Crippen LogP contribution in [0.3, 0.4) is 0 Å². The highest BCUT2D eigenvalue weighted by atomic mass is 127. The zero-order chi connectivity index (χ0) is 21.9. The number of hydrogen-bond acceptors (Lipinski definition) is 3. The fourth-order valence-electron chi connectivity index (χ4n) is 5.16. The summed E-state index contributed by atoms with van der Waals surface area (Å²) in [6.07, 6.45) is 4.88. The number of rotatable bonds is 9. The molecule has 2 atom stereocenters. The quantitative estimate of drug-likeness (QED) is 0.211. The molecule has 0 aliphatic carbocycles. The maximum absolute atomic E-state index is 5.02. The van der Waals surface area contributed by atoms with Crippen molar-refractivity contribution in [2.75, 3.05) is 65.4 Å². The molecule has 0 spiro atoms. The Morgan fingerprint density at radius 2 is 1.69 bits per heavy atom. The highest BCUT2D eigenvalue weighted by Crippen LogP contribution is 2.34. The Bertz CT molecular complexity index is 645. The molecule has 5 nitrogen and oxygen atoms in total. The van der Waals surface area contributed by atoms with Gasteiger partial charge in [0.2, 0.25) is 0 Å². The zero-order valence-electron chi connectivity index (χ0n) is 20.6. The smallest absolute Gasteiger partial charge is 0.193 e. The van der Waals surface area contributed by atoms with Crippen LogP contribution in [0.5, 0.6) is 0 Å². The largest absolute Gasteiger partial charge is 0.357 e. The number of likely N-dealkylation sites (tertiary alicyclic amines) is 1. The van der Waals surface area contributed by atoms with Gasteiger partial charge in [0.15, 0.2) is 5.96 Å². The molecule has 0 amide bonds.